The molecule has 0 aliphatic rings. The molecule has 3 heterocycles. The van der Waals surface area contributed by atoms with Crippen molar-refractivity contribution in [1.82, 2.24) is 19.2 Å². The molecular formula is C22H19F3N4O3S. The predicted octanol–water partition coefficient (Wildman–Crippen LogP) is 3.98. The number of pyridine rings is 2. The molecule has 4 aromatic rings. The Kier molecular flexibility index (Phi) is 5.39. The summed E-state index contributed by atoms with van der Waals surface area (Å²) in [5, 5.41) is 4.02. The van der Waals surface area contributed by atoms with Gasteiger partial charge in [-0.2, -0.15) is 17.9 Å². The van der Waals surface area contributed by atoms with E-state index in [1.165, 1.54) is 19.2 Å². The van der Waals surface area contributed by atoms with Gasteiger partial charge in [0.1, 0.15) is 4.90 Å². The van der Waals surface area contributed by atoms with Gasteiger partial charge in [0.25, 0.3) is 0 Å². The number of aryl methyl sites for hydroxylation is 2. The van der Waals surface area contributed by atoms with Crippen molar-refractivity contribution in [2.45, 2.75) is 31.8 Å². The number of fused-ring (bicyclic) bond motifs is 1. The Bertz CT molecular complexity index is 1550. The topological polar surface area (TPSA) is 86.3 Å². The fourth-order valence-corrected chi connectivity index (χ4v) is 4.38. The van der Waals surface area contributed by atoms with Gasteiger partial charge in [-0.15, -0.1) is 5.10 Å². The quantitative estimate of drug-likeness (QED) is 0.445. The van der Waals surface area contributed by atoms with Gasteiger partial charge >= 0.3 is 11.9 Å². The minimum absolute atomic E-state index is 0.0760. The van der Waals surface area contributed by atoms with E-state index in [0.717, 1.165) is 28.8 Å². The Hall–Kier alpha value is -3.47. The second-order valence-corrected chi connectivity index (χ2v) is 9.83. The van der Waals surface area contributed by atoms with E-state index in [4.69, 9.17) is 0 Å². The highest BCUT2D eigenvalue weighted by atomic mass is 32.2. The molecule has 0 fully saturated rings. The normalized spacial score (nSPS) is 12.4. The molecule has 0 atom stereocenters. The van der Waals surface area contributed by atoms with E-state index >= 15 is 0 Å². The summed E-state index contributed by atoms with van der Waals surface area (Å²) < 4.78 is 66.4. The first kappa shape index (κ1) is 22.7. The van der Waals surface area contributed by atoms with Crippen molar-refractivity contribution < 1.29 is 21.6 Å². The Balaban J connectivity index is 1.95. The Morgan fingerprint density at radius 1 is 1.00 bits per heavy atom. The summed E-state index contributed by atoms with van der Waals surface area (Å²) in [5.74, 6) is -0.537. The van der Waals surface area contributed by atoms with Crippen LogP contribution in [0.2, 0.25) is 0 Å². The van der Waals surface area contributed by atoms with Crippen LogP contribution in [0.25, 0.3) is 22.6 Å². The number of aromatic nitrogens is 4. The third-order valence-corrected chi connectivity index (χ3v) is 7.16. The number of benzene rings is 1. The van der Waals surface area contributed by atoms with Gasteiger partial charge in [-0.05, 0) is 48.7 Å². The highest BCUT2D eigenvalue weighted by molar-refractivity contribution is 7.91. The van der Waals surface area contributed by atoms with Crippen molar-refractivity contribution in [3.05, 3.63) is 76.0 Å². The molecule has 3 aromatic heterocycles. The average molecular weight is 476 g/mol. The minimum Gasteiger partial charge on any atom is -0.249 e. The standard InChI is InChI=1S/C22H19F3N4O3S/c1-4-33(31,32)18-10-16(15-6-5-13(2)14(3)9-15)11-26-20(18)29-21(30)28-12-17(22(23,24)25)7-8-19(28)27-29/h5-12H,4H2,1-3H3. The molecule has 0 spiro atoms. The van der Waals surface area contributed by atoms with Crippen molar-refractivity contribution in [3.63, 3.8) is 0 Å². The number of rotatable bonds is 4. The van der Waals surface area contributed by atoms with Crippen LogP contribution in [0.4, 0.5) is 13.2 Å². The smallest absolute Gasteiger partial charge is 0.249 e. The minimum atomic E-state index is -4.65. The number of hydrogen-bond acceptors (Lipinski definition) is 5. The van der Waals surface area contributed by atoms with Crippen molar-refractivity contribution in [1.29, 1.82) is 0 Å². The number of alkyl halides is 3. The second-order valence-electron chi connectivity index (χ2n) is 7.59. The highest BCUT2D eigenvalue weighted by Crippen LogP contribution is 2.30. The molecule has 0 saturated heterocycles. The zero-order valence-corrected chi connectivity index (χ0v) is 18.7. The van der Waals surface area contributed by atoms with Gasteiger partial charge in [-0.1, -0.05) is 25.1 Å². The lowest BCUT2D eigenvalue weighted by Gasteiger charge is -2.11. The molecule has 1 aromatic carbocycles. The van der Waals surface area contributed by atoms with E-state index in [1.54, 1.807) is 0 Å². The zero-order valence-electron chi connectivity index (χ0n) is 17.9. The van der Waals surface area contributed by atoms with E-state index < -0.39 is 27.3 Å². The van der Waals surface area contributed by atoms with Crippen LogP contribution in [0.5, 0.6) is 0 Å². The molecule has 0 aliphatic carbocycles. The zero-order chi connectivity index (χ0) is 24.1. The monoisotopic (exact) mass is 476 g/mol. The molecule has 0 N–H and O–H groups in total. The summed E-state index contributed by atoms with van der Waals surface area (Å²) >= 11 is 0. The first-order valence-electron chi connectivity index (χ1n) is 9.92. The Morgan fingerprint density at radius 3 is 2.36 bits per heavy atom. The summed E-state index contributed by atoms with van der Waals surface area (Å²) in [4.78, 5) is 16.8. The third-order valence-electron chi connectivity index (χ3n) is 5.43. The van der Waals surface area contributed by atoms with E-state index in [2.05, 4.69) is 10.1 Å². The van der Waals surface area contributed by atoms with E-state index in [-0.39, 0.29) is 22.1 Å². The molecule has 0 unspecified atom stereocenters. The van der Waals surface area contributed by atoms with Crippen molar-refractivity contribution >= 4 is 15.5 Å². The molecule has 0 saturated carbocycles. The highest BCUT2D eigenvalue weighted by Gasteiger charge is 2.31. The van der Waals surface area contributed by atoms with Crippen LogP contribution >= 0.6 is 0 Å². The van der Waals surface area contributed by atoms with Crippen molar-refractivity contribution in [3.8, 4) is 16.9 Å². The third kappa shape index (κ3) is 4.04. The fraction of sp³-hybridized carbons (Fsp3) is 0.227. The maximum Gasteiger partial charge on any atom is 0.417 e. The first-order valence-corrected chi connectivity index (χ1v) is 11.6. The lowest BCUT2D eigenvalue weighted by molar-refractivity contribution is -0.137. The van der Waals surface area contributed by atoms with E-state index in [1.807, 2.05) is 32.0 Å². The summed E-state index contributed by atoms with van der Waals surface area (Å²) in [6.07, 6.45) is -2.62. The van der Waals surface area contributed by atoms with Gasteiger partial charge in [0, 0.05) is 18.0 Å². The molecule has 33 heavy (non-hydrogen) atoms. The van der Waals surface area contributed by atoms with Crippen LogP contribution in [0.15, 0.2) is 58.5 Å². The molecular weight excluding hydrogens is 457 g/mol. The number of nitrogens with zero attached hydrogens (tertiary/aromatic N) is 4. The summed E-state index contributed by atoms with van der Waals surface area (Å²) in [7, 11) is -3.86. The molecule has 0 radical (unpaired) electrons. The average Bonchev–Trinajstić information content (AvgIpc) is 3.10. The second kappa shape index (κ2) is 7.84. The molecule has 0 amide bonds. The van der Waals surface area contributed by atoms with Gasteiger partial charge in [-0.25, -0.2) is 22.6 Å². The molecule has 0 bridgehead atoms. The van der Waals surface area contributed by atoms with Crippen molar-refractivity contribution in [2.75, 3.05) is 5.75 Å². The van der Waals surface area contributed by atoms with Crippen LogP contribution < -0.4 is 5.69 Å². The fourth-order valence-electron chi connectivity index (χ4n) is 3.34. The predicted molar refractivity (Wildman–Crippen MR) is 116 cm³/mol. The summed E-state index contributed by atoms with van der Waals surface area (Å²) in [5.41, 5.74) is 1.26. The van der Waals surface area contributed by atoms with E-state index in [0.29, 0.717) is 20.8 Å². The van der Waals surface area contributed by atoms with Gasteiger partial charge in [0.15, 0.2) is 21.3 Å². The van der Waals surface area contributed by atoms with Crippen LogP contribution in [0.1, 0.15) is 23.6 Å². The molecule has 0 aliphatic heterocycles. The summed E-state index contributed by atoms with van der Waals surface area (Å²) in [6, 6.07) is 8.87. The number of sulfone groups is 1. The Morgan fingerprint density at radius 2 is 1.73 bits per heavy atom. The number of halogens is 3. The van der Waals surface area contributed by atoms with Crippen LogP contribution in [0, 0.1) is 13.8 Å². The molecule has 11 heteroatoms. The van der Waals surface area contributed by atoms with E-state index in [9.17, 15) is 26.4 Å². The van der Waals surface area contributed by atoms with Crippen LogP contribution in [0.3, 0.4) is 0 Å². The lowest BCUT2D eigenvalue weighted by atomic mass is 10.0. The molecule has 172 valence electrons. The first-order chi connectivity index (χ1) is 15.4. The van der Waals surface area contributed by atoms with Gasteiger partial charge in [0.2, 0.25) is 0 Å². The van der Waals surface area contributed by atoms with Gasteiger partial charge < -0.3 is 0 Å². The maximum atomic E-state index is 13.1. The van der Waals surface area contributed by atoms with Gasteiger partial charge in [0.05, 0.1) is 11.3 Å². The van der Waals surface area contributed by atoms with Crippen LogP contribution in [-0.2, 0) is 16.0 Å². The lowest BCUT2D eigenvalue weighted by Crippen LogP contribution is -2.23. The number of hydrogen-bond donors (Lipinski definition) is 0. The van der Waals surface area contributed by atoms with Crippen molar-refractivity contribution in [2.24, 2.45) is 0 Å². The molecule has 7 nitrogen and oxygen atoms in total. The molecule has 4 rings (SSSR count). The summed E-state index contributed by atoms with van der Waals surface area (Å²) in [6.45, 7) is 5.33. The van der Waals surface area contributed by atoms with Crippen LogP contribution in [-0.4, -0.2) is 33.3 Å². The maximum absolute atomic E-state index is 13.1. The largest absolute Gasteiger partial charge is 0.417 e. The Labute approximate surface area is 187 Å². The SMILES string of the molecule is CCS(=O)(=O)c1cc(-c2ccc(C)c(C)c2)cnc1-n1nc2ccc(C(F)(F)F)cn2c1=O. The van der Waals surface area contributed by atoms with Gasteiger partial charge in [-0.3, -0.25) is 0 Å².